The fraction of sp³-hybridized carbons (Fsp3) is 0.524. The molecule has 3 rings (SSSR count). The van der Waals surface area contributed by atoms with Crippen molar-refractivity contribution >= 4 is 24.0 Å². The summed E-state index contributed by atoms with van der Waals surface area (Å²) in [5.41, 5.74) is 0.834. The fourth-order valence-electron chi connectivity index (χ4n) is 3.82. The van der Waals surface area contributed by atoms with Crippen molar-refractivity contribution in [3.8, 4) is 5.75 Å². The monoisotopic (exact) mass is 386 g/mol. The van der Waals surface area contributed by atoms with Crippen molar-refractivity contribution in [1.82, 2.24) is 10.2 Å². The SMILES string of the molecule is O=CCCC1CCN(C(=O)COc2ccc(C3CCC(=O)NC3=O)cc2)CC1. The third-order valence-electron chi connectivity index (χ3n) is 5.54. The highest BCUT2D eigenvalue weighted by Crippen LogP contribution is 2.26. The second-order valence-corrected chi connectivity index (χ2v) is 7.43. The zero-order valence-electron chi connectivity index (χ0n) is 15.9. The van der Waals surface area contributed by atoms with Crippen LogP contribution in [0.25, 0.3) is 0 Å². The van der Waals surface area contributed by atoms with Crippen LogP contribution in [-0.2, 0) is 19.2 Å². The number of imide groups is 1. The third-order valence-corrected chi connectivity index (χ3v) is 5.54. The van der Waals surface area contributed by atoms with E-state index >= 15 is 0 Å². The Morgan fingerprint density at radius 3 is 2.50 bits per heavy atom. The maximum Gasteiger partial charge on any atom is 0.260 e. The smallest absolute Gasteiger partial charge is 0.260 e. The quantitative estimate of drug-likeness (QED) is 0.570. The van der Waals surface area contributed by atoms with Crippen LogP contribution in [0.5, 0.6) is 5.75 Å². The summed E-state index contributed by atoms with van der Waals surface area (Å²) >= 11 is 0. The summed E-state index contributed by atoms with van der Waals surface area (Å²) in [5, 5.41) is 2.36. The minimum atomic E-state index is -0.325. The van der Waals surface area contributed by atoms with Crippen molar-refractivity contribution in [3.63, 3.8) is 0 Å². The van der Waals surface area contributed by atoms with Gasteiger partial charge in [-0.3, -0.25) is 19.7 Å². The molecule has 1 atom stereocenters. The lowest BCUT2D eigenvalue weighted by atomic mass is 9.90. The molecule has 0 spiro atoms. The summed E-state index contributed by atoms with van der Waals surface area (Å²) in [6.07, 6.45) is 5.16. The van der Waals surface area contributed by atoms with Gasteiger partial charge in [0.2, 0.25) is 11.8 Å². The van der Waals surface area contributed by atoms with Crippen molar-refractivity contribution in [2.45, 2.75) is 44.4 Å². The molecule has 0 bridgehead atoms. The molecular weight excluding hydrogens is 360 g/mol. The molecule has 1 aromatic carbocycles. The Hall–Kier alpha value is -2.70. The number of aldehydes is 1. The van der Waals surface area contributed by atoms with Crippen molar-refractivity contribution in [1.29, 1.82) is 0 Å². The van der Waals surface area contributed by atoms with Gasteiger partial charge in [0.25, 0.3) is 5.91 Å². The zero-order chi connectivity index (χ0) is 19.9. The number of amides is 3. The van der Waals surface area contributed by atoms with Crippen molar-refractivity contribution < 1.29 is 23.9 Å². The third kappa shape index (κ3) is 5.18. The Labute approximate surface area is 164 Å². The molecule has 0 aliphatic carbocycles. The summed E-state index contributed by atoms with van der Waals surface area (Å²) in [5.74, 6) is 0.237. The number of ether oxygens (including phenoxy) is 1. The number of hydrogen-bond acceptors (Lipinski definition) is 5. The molecule has 0 radical (unpaired) electrons. The van der Waals surface area contributed by atoms with E-state index in [4.69, 9.17) is 4.74 Å². The number of piperidine rings is 2. The molecular formula is C21H26N2O5. The van der Waals surface area contributed by atoms with Crippen LogP contribution in [0.3, 0.4) is 0 Å². The van der Waals surface area contributed by atoms with E-state index in [-0.39, 0.29) is 30.2 Å². The van der Waals surface area contributed by atoms with E-state index in [1.165, 1.54) is 0 Å². The molecule has 150 valence electrons. The van der Waals surface area contributed by atoms with E-state index < -0.39 is 0 Å². The van der Waals surface area contributed by atoms with Gasteiger partial charge < -0.3 is 14.4 Å². The second kappa shape index (κ2) is 9.48. The highest BCUT2D eigenvalue weighted by atomic mass is 16.5. The fourth-order valence-corrected chi connectivity index (χ4v) is 3.82. The number of benzene rings is 1. The Morgan fingerprint density at radius 1 is 1.14 bits per heavy atom. The highest BCUT2D eigenvalue weighted by molar-refractivity contribution is 6.00. The predicted octanol–water partition coefficient (Wildman–Crippen LogP) is 1.80. The summed E-state index contributed by atoms with van der Waals surface area (Å²) in [7, 11) is 0. The van der Waals surface area contributed by atoms with E-state index in [0.29, 0.717) is 44.0 Å². The molecule has 3 amide bonds. The van der Waals surface area contributed by atoms with Gasteiger partial charge in [0.1, 0.15) is 12.0 Å². The summed E-state index contributed by atoms with van der Waals surface area (Å²) < 4.78 is 5.61. The van der Waals surface area contributed by atoms with Crippen LogP contribution in [0.15, 0.2) is 24.3 Å². The number of hydrogen-bond donors (Lipinski definition) is 1. The van der Waals surface area contributed by atoms with E-state index in [9.17, 15) is 19.2 Å². The highest BCUT2D eigenvalue weighted by Gasteiger charge is 2.28. The van der Waals surface area contributed by atoms with E-state index in [1.54, 1.807) is 24.3 Å². The normalized spacial score (nSPS) is 20.6. The van der Waals surface area contributed by atoms with Gasteiger partial charge in [0.05, 0.1) is 5.92 Å². The first-order valence-electron chi connectivity index (χ1n) is 9.84. The molecule has 0 aromatic heterocycles. The van der Waals surface area contributed by atoms with E-state index in [1.807, 2.05) is 4.90 Å². The second-order valence-electron chi connectivity index (χ2n) is 7.43. The first-order chi connectivity index (χ1) is 13.6. The van der Waals surface area contributed by atoms with Gasteiger partial charge in [0, 0.05) is 25.9 Å². The molecule has 2 aliphatic heterocycles. The molecule has 1 N–H and O–H groups in total. The van der Waals surface area contributed by atoms with Crippen molar-refractivity contribution in [2.24, 2.45) is 5.92 Å². The summed E-state index contributed by atoms with van der Waals surface area (Å²) in [6, 6.07) is 7.10. The summed E-state index contributed by atoms with van der Waals surface area (Å²) in [4.78, 5) is 47.8. The first kappa shape index (κ1) is 20.0. The average molecular weight is 386 g/mol. The Balaban J connectivity index is 1.45. The van der Waals surface area contributed by atoms with E-state index in [0.717, 1.165) is 31.1 Å². The molecule has 2 saturated heterocycles. The van der Waals surface area contributed by atoms with Crippen molar-refractivity contribution in [2.75, 3.05) is 19.7 Å². The lowest BCUT2D eigenvalue weighted by molar-refractivity contribution is -0.135. The van der Waals surface area contributed by atoms with Crippen LogP contribution >= 0.6 is 0 Å². The van der Waals surface area contributed by atoms with Gasteiger partial charge >= 0.3 is 0 Å². The average Bonchev–Trinajstić information content (AvgIpc) is 2.71. The van der Waals surface area contributed by atoms with Gasteiger partial charge in [-0.2, -0.15) is 0 Å². The van der Waals surface area contributed by atoms with Gasteiger partial charge in [-0.15, -0.1) is 0 Å². The van der Waals surface area contributed by atoms with Crippen LogP contribution < -0.4 is 10.1 Å². The largest absolute Gasteiger partial charge is 0.484 e. The molecule has 28 heavy (non-hydrogen) atoms. The molecule has 2 heterocycles. The number of likely N-dealkylation sites (tertiary alicyclic amines) is 1. The number of carbonyl (C=O) groups excluding carboxylic acids is 4. The lowest BCUT2D eigenvalue weighted by Gasteiger charge is -2.31. The molecule has 2 aliphatic rings. The van der Waals surface area contributed by atoms with Crippen LogP contribution in [0, 0.1) is 5.92 Å². The number of nitrogens with zero attached hydrogens (tertiary/aromatic N) is 1. The first-order valence-corrected chi connectivity index (χ1v) is 9.84. The molecule has 7 nitrogen and oxygen atoms in total. The summed E-state index contributed by atoms with van der Waals surface area (Å²) in [6.45, 7) is 1.40. The Morgan fingerprint density at radius 2 is 1.86 bits per heavy atom. The standard InChI is InChI=1S/C21H26N2O5/c24-13-1-2-15-9-11-23(12-10-15)20(26)14-28-17-5-3-16(4-6-17)18-7-8-19(25)22-21(18)27/h3-6,13,15,18H,1-2,7-12,14H2,(H,22,25,27). The van der Waals surface area contributed by atoms with Crippen LogP contribution in [0.2, 0.25) is 0 Å². The van der Waals surface area contributed by atoms with Gasteiger partial charge in [0.15, 0.2) is 6.61 Å². The van der Waals surface area contributed by atoms with Crippen LogP contribution in [-0.4, -0.2) is 48.6 Å². The Kier molecular flexibility index (Phi) is 6.79. The lowest BCUT2D eigenvalue weighted by Crippen LogP contribution is -2.41. The number of nitrogens with one attached hydrogen (secondary N) is 1. The molecule has 1 aromatic rings. The molecule has 0 saturated carbocycles. The molecule has 1 unspecified atom stereocenters. The van der Waals surface area contributed by atoms with Gasteiger partial charge in [-0.1, -0.05) is 12.1 Å². The Bertz CT molecular complexity index is 723. The molecule has 7 heteroatoms. The van der Waals surface area contributed by atoms with Crippen molar-refractivity contribution in [3.05, 3.63) is 29.8 Å². The predicted molar refractivity (Wildman–Crippen MR) is 102 cm³/mol. The minimum absolute atomic E-state index is 0.0171. The zero-order valence-corrected chi connectivity index (χ0v) is 15.9. The van der Waals surface area contributed by atoms with Gasteiger partial charge in [-0.05, 0) is 49.3 Å². The van der Waals surface area contributed by atoms with E-state index in [2.05, 4.69) is 5.32 Å². The minimum Gasteiger partial charge on any atom is -0.484 e. The topological polar surface area (TPSA) is 92.8 Å². The number of carbonyl (C=O) groups is 4. The maximum atomic E-state index is 12.3. The maximum absolute atomic E-state index is 12.3. The van der Waals surface area contributed by atoms with Crippen LogP contribution in [0.1, 0.15) is 50.0 Å². The van der Waals surface area contributed by atoms with Gasteiger partial charge in [-0.25, -0.2) is 0 Å². The van der Waals surface area contributed by atoms with Crippen LogP contribution in [0.4, 0.5) is 0 Å². The number of rotatable bonds is 7. The molecule has 2 fully saturated rings.